The highest BCUT2D eigenvalue weighted by atomic mass is 32.2. The Morgan fingerprint density at radius 1 is 1.25 bits per heavy atom. The fourth-order valence-corrected chi connectivity index (χ4v) is 6.04. The van der Waals surface area contributed by atoms with Crippen LogP contribution in [0.25, 0.3) is 12.2 Å². The predicted molar refractivity (Wildman–Crippen MR) is 139 cm³/mol. The molecule has 1 atom stereocenters. The summed E-state index contributed by atoms with van der Waals surface area (Å²) in [6.45, 7) is 4.46. The van der Waals surface area contributed by atoms with E-state index in [-0.39, 0.29) is 36.3 Å². The second-order valence-corrected chi connectivity index (χ2v) is 10.7. The van der Waals surface area contributed by atoms with Crippen molar-refractivity contribution in [3.8, 4) is 11.6 Å². The lowest BCUT2D eigenvalue weighted by molar-refractivity contribution is -0.141. The van der Waals surface area contributed by atoms with Crippen LogP contribution in [-0.2, 0) is 26.1 Å². The van der Waals surface area contributed by atoms with Crippen LogP contribution < -0.4 is 13.8 Å². The number of nitrogens with zero attached hydrogens (tertiary/aromatic N) is 3. The van der Waals surface area contributed by atoms with Crippen molar-refractivity contribution < 1.29 is 27.4 Å². The van der Waals surface area contributed by atoms with Gasteiger partial charge in [-0.3, -0.25) is 13.8 Å². The first-order valence-electron chi connectivity index (χ1n) is 11.7. The first-order valence-corrected chi connectivity index (χ1v) is 14.0. The molecule has 0 fully saturated rings. The van der Waals surface area contributed by atoms with E-state index in [1.165, 1.54) is 22.3 Å². The molecule has 3 heterocycles. The van der Waals surface area contributed by atoms with Gasteiger partial charge in [-0.25, -0.2) is 8.42 Å². The van der Waals surface area contributed by atoms with Gasteiger partial charge in [0.2, 0.25) is 0 Å². The number of esters is 1. The van der Waals surface area contributed by atoms with Gasteiger partial charge < -0.3 is 14.2 Å². The number of aryl methyl sites for hydroxylation is 1. The molecular formula is C25H29N3O6S2. The molecule has 1 aromatic carbocycles. The van der Waals surface area contributed by atoms with Crippen LogP contribution in [0.15, 0.2) is 46.1 Å². The Morgan fingerprint density at radius 2 is 2.06 bits per heavy atom. The maximum atomic E-state index is 14.0. The first kappa shape index (κ1) is 25.8. The summed E-state index contributed by atoms with van der Waals surface area (Å²) in [7, 11) is -2.74. The fraction of sp³-hybridized carbons (Fsp3) is 0.360. The van der Waals surface area contributed by atoms with Gasteiger partial charge in [-0.1, -0.05) is 18.2 Å². The van der Waals surface area contributed by atoms with Gasteiger partial charge in [-0.15, -0.1) is 5.10 Å². The van der Waals surface area contributed by atoms with Gasteiger partial charge >= 0.3 is 5.97 Å². The van der Waals surface area contributed by atoms with Crippen molar-refractivity contribution in [2.24, 2.45) is 0 Å². The number of hydrogen-bond donors (Lipinski definition) is 0. The molecule has 36 heavy (non-hydrogen) atoms. The highest BCUT2D eigenvalue weighted by molar-refractivity contribution is 7.93. The topological polar surface area (TPSA) is 100.0 Å². The molecule has 9 nitrogen and oxygen atoms in total. The second-order valence-electron chi connectivity index (χ2n) is 8.10. The van der Waals surface area contributed by atoms with E-state index < -0.39 is 16.1 Å². The molecule has 0 amide bonds. The molecule has 1 aliphatic rings. The summed E-state index contributed by atoms with van der Waals surface area (Å²) in [5.74, 6) is 0.107. The Labute approximate surface area is 214 Å². The third-order valence-corrected chi connectivity index (χ3v) is 8.16. The lowest BCUT2D eigenvalue weighted by Crippen LogP contribution is -2.43. The third kappa shape index (κ3) is 5.57. The van der Waals surface area contributed by atoms with Crippen molar-refractivity contribution in [3.05, 3.63) is 52.3 Å². The standard InChI is InChI=1S/C25H29N3O6S2/c1-4-27-16-23(25(26-27)33-5-2)36(30,31)28-15-20(9-11-24(29)32-3)34-22-10-8-18(14-21(22)28)6-7-19-12-13-35-17-19/h6-8,10,12-14,16-17,20H,4-5,9,11,15H2,1-3H3/b7-6+. The summed E-state index contributed by atoms with van der Waals surface area (Å²) in [5.41, 5.74) is 2.31. The number of sulfonamides is 1. The Kier molecular flexibility index (Phi) is 8.00. The van der Waals surface area contributed by atoms with Gasteiger partial charge in [-0.2, -0.15) is 11.3 Å². The molecule has 11 heteroatoms. The van der Waals surface area contributed by atoms with Gasteiger partial charge in [0, 0.05) is 19.2 Å². The average Bonchev–Trinajstić information content (AvgIpc) is 3.56. The van der Waals surface area contributed by atoms with E-state index in [9.17, 15) is 13.2 Å². The molecule has 0 saturated carbocycles. The van der Waals surface area contributed by atoms with Crippen LogP contribution in [-0.4, -0.2) is 50.5 Å². The van der Waals surface area contributed by atoms with E-state index in [1.54, 1.807) is 30.4 Å². The van der Waals surface area contributed by atoms with Crippen molar-refractivity contribution in [2.75, 3.05) is 24.6 Å². The Morgan fingerprint density at radius 3 is 2.75 bits per heavy atom. The lowest BCUT2D eigenvalue weighted by atomic mass is 10.1. The van der Waals surface area contributed by atoms with Crippen LogP contribution in [0.1, 0.15) is 37.8 Å². The van der Waals surface area contributed by atoms with Crippen molar-refractivity contribution in [2.45, 2.75) is 44.2 Å². The Hall–Kier alpha value is -3.31. The fourth-order valence-electron chi connectivity index (χ4n) is 3.83. The first-order chi connectivity index (χ1) is 17.3. The van der Waals surface area contributed by atoms with Crippen LogP contribution in [0.5, 0.6) is 11.6 Å². The molecule has 0 spiro atoms. The molecule has 0 bridgehead atoms. The Balaban J connectivity index is 1.74. The molecule has 0 aliphatic carbocycles. The number of hydrogen-bond acceptors (Lipinski definition) is 8. The summed E-state index contributed by atoms with van der Waals surface area (Å²) in [6, 6.07) is 7.42. The molecule has 0 radical (unpaired) electrons. The lowest BCUT2D eigenvalue weighted by Gasteiger charge is -2.35. The summed E-state index contributed by atoms with van der Waals surface area (Å²) < 4.78 is 47.3. The minimum Gasteiger partial charge on any atom is -0.486 e. The molecule has 0 saturated heterocycles. The number of thiophene rings is 1. The smallest absolute Gasteiger partial charge is 0.305 e. The monoisotopic (exact) mass is 531 g/mol. The Bertz CT molecular complexity index is 1330. The maximum absolute atomic E-state index is 14.0. The molecule has 0 N–H and O–H groups in total. The minimum atomic E-state index is -4.06. The molecular weight excluding hydrogens is 502 g/mol. The number of methoxy groups -OCH3 is 1. The zero-order valence-corrected chi connectivity index (χ0v) is 22.0. The van der Waals surface area contributed by atoms with Crippen LogP contribution in [0.3, 0.4) is 0 Å². The van der Waals surface area contributed by atoms with Crippen molar-refractivity contribution in [3.63, 3.8) is 0 Å². The predicted octanol–water partition coefficient (Wildman–Crippen LogP) is 4.44. The van der Waals surface area contributed by atoms with Gasteiger partial charge in [0.05, 0.1) is 25.9 Å². The number of aromatic nitrogens is 2. The van der Waals surface area contributed by atoms with Crippen LogP contribution in [0.2, 0.25) is 0 Å². The number of benzene rings is 1. The summed E-state index contributed by atoms with van der Waals surface area (Å²) >= 11 is 1.60. The summed E-state index contributed by atoms with van der Waals surface area (Å²) in [4.78, 5) is 11.7. The minimum absolute atomic E-state index is 0.00927. The number of ether oxygens (including phenoxy) is 3. The molecule has 4 rings (SSSR count). The molecule has 192 valence electrons. The normalized spacial score (nSPS) is 15.5. The van der Waals surface area contributed by atoms with Crippen molar-refractivity contribution >= 4 is 45.2 Å². The maximum Gasteiger partial charge on any atom is 0.305 e. The highest BCUT2D eigenvalue weighted by Gasteiger charge is 2.37. The van der Waals surface area contributed by atoms with E-state index in [1.807, 2.05) is 42.0 Å². The number of rotatable bonds is 10. The van der Waals surface area contributed by atoms with Crippen LogP contribution >= 0.6 is 11.3 Å². The van der Waals surface area contributed by atoms with E-state index >= 15 is 0 Å². The number of anilines is 1. The van der Waals surface area contributed by atoms with E-state index in [0.29, 0.717) is 24.4 Å². The largest absolute Gasteiger partial charge is 0.486 e. The molecule has 2 aromatic heterocycles. The zero-order chi connectivity index (χ0) is 25.7. The van der Waals surface area contributed by atoms with Crippen LogP contribution in [0, 0.1) is 0 Å². The second kappa shape index (κ2) is 11.2. The van der Waals surface area contributed by atoms with Gasteiger partial charge in [0.25, 0.3) is 15.9 Å². The summed E-state index contributed by atoms with van der Waals surface area (Å²) in [5, 5.41) is 8.31. The van der Waals surface area contributed by atoms with Gasteiger partial charge in [0.15, 0.2) is 4.90 Å². The summed E-state index contributed by atoms with van der Waals surface area (Å²) in [6.07, 6.45) is 5.28. The van der Waals surface area contributed by atoms with Gasteiger partial charge in [0.1, 0.15) is 11.9 Å². The molecule has 1 aliphatic heterocycles. The van der Waals surface area contributed by atoms with Crippen molar-refractivity contribution in [1.82, 2.24) is 9.78 Å². The van der Waals surface area contributed by atoms with E-state index in [0.717, 1.165) is 11.1 Å². The molecule has 3 aromatic rings. The highest BCUT2D eigenvalue weighted by Crippen LogP contribution is 2.40. The van der Waals surface area contributed by atoms with E-state index in [2.05, 4.69) is 5.10 Å². The quantitative estimate of drug-likeness (QED) is 0.357. The van der Waals surface area contributed by atoms with Gasteiger partial charge in [-0.05, 0) is 60.4 Å². The number of carbonyl (C=O) groups excluding carboxylic acids is 1. The zero-order valence-electron chi connectivity index (χ0n) is 20.4. The SMILES string of the molecule is CCOc1nn(CC)cc1S(=O)(=O)N1CC(CCC(=O)OC)Oc2ccc(/C=C/c3ccsc3)cc21. The van der Waals surface area contributed by atoms with E-state index in [4.69, 9.17) is 14.2 Å². The van der Waals surface area contributed by atoms with Crippen molar-refractivity contribution in [1.29, 1.82) is 0 Å². The number of fused-ring (bicyclic) bond motifs is 1. The number of carbonyl (C=O) groups is 1. The average molecular weight is 532 g/mol. The van der Waals surface area contributed by atoms with Crippen LogP contribution in [0.4, 0.5) is 5.69 Å². The third-order valence-electron chi connectivity index (χ3n) is 5.69. The molecule has 1 unspecified atom stereocenters.